The molecule has 0 aliphatic heterocycles. The van der Waals surface area contributed by atoms with Gasteiger partial charge in [0.15, 0.2) is 5.78 Å². The molecule has 4 unspecified atom stereocenters. The smallest absolute Gasteiger partial charge is 0.155 e. The molecule has 0 spiro atoms. The fourth-order valence-corrected chi connectivity index (χ4v) is 5.59. The number of allylic oxidation sites excluding steroid dienone is 4. The summed E-state index contributed by atoms with van der Waals surface area (Å²) in [5.74, 6) is 3.90. The first-order valence-corrected chi connectivity index (χ1v) is 8.16. The Morgan fingerprint density at radius 2 is 1.63 bits per heavy atom. The van der Waals surface area contributed by atoms with Gasteiger partial charge in [-0.2, -0.15) is 0 Å². The zero-order valence-electron chi connectivity index (χ0n) is 12.0. The normalized spacial score (nSPS) is 41.5. The van der Waals surface area contributed by atoms with E-state index in [0.717, 1.165) is 36.5 Å². The van der Waals surface area contributed by atoms with Crippen LogP contribution in [0.5, 0.6) is 0 Å². The van der Waals surface area contributed by atoms with E-state index in [1.54, 1.807) is 5.57 Å². The Kier molecular flexibility index (Phi) is 2.72. The topological polar surface area (TPSA) is 17.1 Å². The highest BCUT2D eigenvalue weighted by atomic mass is 16.1. The van der Waals surface area contributed by atoms with Crippen molar-refractivity contribution in [3.63, 3.8) is 0 Å². The molecule has 4 atom stereocenters. The monoisotopic (exact) mass is 256 g/mol. The largest absolute Gasteiger partial charge is 0.295 e. The summed E-state index contributed by atoms with van der Waals surface area (Å²) < 4.78 is 0. The van der Waals surface area contributed by atoms with Gasteiger partial charge in [-0.25, -0.2) is 0 Å². The Balaban J connectivity index is 1.64. The second kappa shape index (κ2) is 4.33. The van der Waals surface area contributed by atoms with E-state index in [-0.39, 0.29) is 0 Å². The molecule has 4 aliphatic rings. The molecule has 0 heterocycles. The van der Waals surface area contributed by atoms with E-state index in [1.807, 2.05) is 11.6 Å². The maximum absolute atomic E-state index is 11.6. The predicted octanol–water partition coefficient (Wildman–Crippen LogP) is 4.44. The first kappa shape index (κ1) is 11.9. The zero-order valence-corrected chi connectivity index (χ0v) is 12.0. The average molecular weight is 256 g/mol. The van der Waals surface area contributed by atoms with Crippen molar-refractivity contribution < 1.29 is 4.79 Å². The minimum Gasteiger partial charge on any atom is -0.295 e. The highest BCUT2D eigenvalue weighted by Crippen LogP contribution is 2.56. The van der Waals surface area contributed by atoms with Crippen molar-refractivity contribution in [3.8, 4) is 0 Å². The molecule has 1 heteroatoms. The third-order valence-electron chi connectivity index (χ3n) is 6.45. The standard InChI is InChI=1S/C18H24O/c1-11-2-5-16-14(11)8-9-17-15-7-4-13(19)10-12(15)3-6-18(16)17/h10,15-18H,2-9H2,1H3. The minimum atomic E-state index is 0.387. The summed E-state index contributed by atoms with van der Waals surface area (Å²) in [4.78, 5) is 11.6. The SMILES string of the molecule is CC1=C2CCC3C4CCC(=O)C=C4CCC3C2CC1. The van der Waals surface area contributed by atoms with E-state index in [1.165, 1.54) is 44.1 Å². The fourth-order valence-electron chi connectivity index (χ4n) is 5.59. The van der Waals surface area contributed by atoms with E-state index in [2.05, 4.69) is 6.92 Å². The number of hydrogen-bond acceptors (Lipinski definition) is 1. The zero-order chi connectivity index (χ0) is 13.0. The summed E-state index contributed by atoms with van der Waals surface area (Å²) in [7, 11) is 0. The summed E-state index contributed by atoms with van der Waals surface area (Å²) in [6.45, 7) is 2.36. The molecule has 0 bridgehead atoms. The van der Waals surface area contributed by atoms with Crippen LogP contribution in [0.4, 0.5) is 0 Å². The molecule has 4 rings (SSSR count). The van der Waals surface area contributed by atoms with Crippen LogP contribution in [-0.2, 0) is 4.79 Å². The van der Waals surface area contributed by atoms with Gasteiger partial charge in [0, 0.05) is 6.42 Å². The van der Waals surface area contributed by atoms with Gasteiger partial charge in [0.2, 0.25) is 0 Å². The second-order valence-corrected chi connectivity index (χ2v) is 7.19. The Morgan fingerprint density at radius 3 is 2.53 bits per heavy atom. The van der Waals surface area contributed by atoms with Crippen LogP contribution in [0.3, 0.4) is 0 Å². The van der Waals surface area contributed by atoms with Crippen molar-refractivity contribution in [1.29, 1.82) is 0 Å². The molecule has 0 N–H and O–H groups in total. The highest BCUT2D eigenvalue weighted by molar-refractivity contribution is 5.91. The molecule has 4 aliphatic carbocycles. The van der Waals surface area contributed by atoms with Gasteiger partial charge in [-0.05, 0) is 81.6 Å². The van der Waals surface area contributed by atoms with Crippen LogP contribution in [0, 0.1) is 23.7 Å². The Labute approximate surface area is 116 Å². The van der Waals surface area contributed by atoms with E-state index in [9.17, 15) is 4.79 Å². The van der Waals surface area contributed by atoms with Crippen molar-refractivity contribution in [2.24, 2.45) is 23.7 Å². The molecule has 0 radical (unpaired) electrons. The Bertz CT molecular complexity index is 482. The summed E-state index contributed by atoms with van der Waals surface area (Å²) in [6, 6.07) is 0. The Morgan fingerprint density at radius 1 is 0.895 bits per heavy atom. The van der Waals surface area contributed by atoms with Crippen molar-refractivity contribution in [3.05, 3.63) is 22.8 Å². The van der Waals surface area contributed by atoms with Crippen molar-refractivity contribution in [2.45, 2.75) is 58.3 Å². The van der Waals surface area contributed by atoms with Crippen LogP contribution in [0.2, 0.25) is 0 Å². The van der Waals surface area contributed by atoms with Crippen LogP contribution in [0.1, 0.15) is 58.3 Å². The van der Waals surface area contributed by atoms with Gasteiger partial charge in [-0.15, -0.1) is 0 Å². The Hall–Kier alpha value is -0.850. The van der Waals surface area contributed by atoms with Crippen molar-refractivity contribution >= 4 is 5.78 Å². The lowest BCUT2D eigenvalue weighted by molar-refractivity contribution is -0.115. The van der Waals surface area contributed by atoms with Crippen LogP contribution in [0.15, 0.2) is 22.8 Å². The lowest BCUT2D eigenvalue weighted by Crippen LogP contribution is -2.39. The minimum absolute atomic E-state index is 0.387. The summed E-state index contributed by atoms with van der Waals surface area (Å²) in [6.07, 6.45) is 12.1. The van der Waals surface area contributed by atoms with Crippen molar-refractivity contribution in [1.82, 2.24) is 0 Å². The maximum atomic E-state index is 11.6. The second-order valence-electron chi connectivity index (χ2n) is 7.19. The molecule has 19 heavy (non-hydrogen) atoms. The van der Waals surface area contributed by atoms with Gasteiger partial charge >= 0.3 is 0 Å². The van der Waals surface area contributed by atoms with Gasteiger partial charge in [0.05, 0.1) is 0 Å². The van der Waals surface area contributed by atoms with Crippen molar-refractivity contribution in [2.75, 3.05) is 0 Å². The molecule has 102 valence electrons. The van der Waals surface area contributed by atoms with Crippen LogP contribution < -0.4 is 0 Å². The third-order valence-corrected chi connectivity index (χ3v) is 6.45. The number of carbonyl (C=O) groups is 1. The average Bonchev–Trinajstić information content (AvgIpc) is 2.80. The molecule has 0 aromatic carbocycles. The quantitative estimate of drug-likeness (QED) is 0.586. The number of ketones is 1. The summed E-state index contributed by atoms with van der Waals surface area (Å²) in [5, 5.41) is 0. The van der Waals surface area contributed by atoms with Gasteiger partial charge in [0.25, 0.3) is 0 Å². The molecular weight excluding hydrogens is 232 g/mol. The lowest BCUT2D eigenvalue weighted by Gasteiger charge is -2.48. The van der Waals surface area contributed by atoms with E-state index < -0.39 is 0 Å². The summed E-state index contributed by atoms with van der Waals surface area (Å²) >= 11 is 0. The number of fused-ring (bicyclic) bond motifs is 5. The molecule has 0 aromatic heterocycles. The van der Waals surface area contributed by atoms with E-state index >= 15 is 0 Å². The van der Waals surface area contributed by atoms with Crippen LogP contribution in [0.25, 0.3) is 0 Å². The molecule has 2 fully saturated rings. The van der Waals surface area contributed by atoms with E-state index in [4.69, 9.17) is 0 Å². The van der Waals surface area contributed by atoms with Gasteiger partial charge in [-0.1, -0.05) is 16.7 Å². The van der Waals surface area contributed by atoms with Crippen LogP contribution >= 0.6 is 0 Å². The molecule has 2 saturated carbocycles. The molecule has 1 nitrogen and oxygen atoms in total. The molecule has 0 saturated heterocycles. The van der Waals surface area contributed by atoms with Crippen LogP contribution in [-0.4, -0.2) is 5.78 Å². The first-order chi connectivity index (χ1) is 9.24. The third kappa shape index (κ3) is 1.77. The van der Waals surface area contributed by atoms with Gasteiger partial charge in [0.1, 0.15) is 0 Å². The molecule has 0 amide bonds. The number of hydrogen-bond donors (Lipinski definition) is 0. The number of rotatable bonds is 0. The lowest BCUT2D eigenvalue weighted by atomic mass is 9.57. The fraction of sp³-hybridized carbons (Fsp3) is 0.722. The first-order valence-electron chi connectivity index (χ1n) is 8.16. The molecular formula is C18H24O. The maximum Gasteiger partial charge on any atom is 0.155 e. The molecule has 0 aromatic rings. The summed E-state index contributed by atoms with van der Waals surface area (Å²) in [5.41, 5.74) is 5.06. The van der Waals surface area contributed by atoms with E-state index in [0.29, 0.717) is 5.78 Å². The highest BCUT2D eigenvalue weighted by Gasteiger charge is 2.45. The van der Waals surface area contributed by atoms with Gasteiger partial charge < -0.3 is 0 Å². The van der Waals surface area contributed by atoms with Gasteiger partial charge in [-0.3, -0.25) is 4.79 Å². The predicted molar refractivity (Wildman–Crippen MR) is 76.7 cm³/mol. The number of carbonyl (C=O) groups excluding carboxylic acids is 1.